The van der Waals surface area contributed by atoms with E-state index in [9.17, 15) is 9.59 Å². The Labute approximate surface area is 73.7 Å². The predicted octanol–water partition coefficient (Wildman–Crippen LogP) is 2.28. The van der Waals surface area contributed by atoms with Crippen LogP contribution in [0.3, 0.4) is 0 Å². The van der Waals surface area contributed by atoms with Gasteiger partial charge in [-0.3, -0.25) is 9.59 Å². The summed E-state index contributed by atoms with van der Waals surface area (Å²) in [5, 5.41) is 0. The molecular formula is C10H16O2. The molecule has 0 aliphatic rings. The molecule has 0 saturated heterocycles. The second kappa shape index (κ2) is 6.77. The monoisotopic (exact) mass is 168 g/mol. The minimum atomic E-state index is -0.334. The van der Waals surface area contributed by atoms with E-state index in [2.05, 4.69) is 6.92 Å². The van der Waals surface area contributed by atoms with Crippen molar-refractivity contribution in [3.8, 4) is 0 Å². The van der Waals surface area contributed by atoms with Crippen LogP contribution < -0.4 is 0 Å². The van der Waals surface area contributed by atoms with Crippen molar-refractivity contribution >= 4 is 11.6 Å². The van der Waals surface area contributed by atoms with Crippen LogP contribution in [-0.2, 0) is 9.59 Å². The second-order valence-electron chi connectivity index (χ2n) is 2.78. The maximum absolute atomic E-state index is 10.8. The zero-order valence-corrected chi connectivity index (χ0v) is 7.80. The molecule has 0 aromatic carbocycles. The maximum atomic E-state index is 10.8. The van der Waals surface area contributed by atoms with Gasteiger partial charge in [-0.25, -0.2) is 0 Å². The molecule has 0 aliphatic heterocycles. The summed E-state index contributed by atoms with van der Waals surface area (Å²) in [6.45, 7) is 3.42. The molecule has 0 heterocycles. The van der Waals surface area contributed by atoms with Crippen LogP contribution >= 0.6 is 0 Å². The van der Waals surface area contributed by atoms with Crippen molar-refractivity contribution in [2.75, 3.05) is 0 Å². The van der Waals surface area contributed by atoms with Gasteiger partial charge in [0.2, 0.25) is 0 Å². The van der Waals surface area contributed by atoms with E-state index in [1.165, 1.54) is 6.92 Å². The van der Waals surface area contributed by atoms with Gasteiger partial charge in [0.1, 0.15) is 0 Å². The molecule has 0 atom stereocenters. The van der Waals surface area contributed by atoms with Gasteiger partial charge in [-0.1, -0.05) is 25.5 Å². The standard InChI is InChI=1S/C10H16O2/c1-3-4-5-6-7-8-10(12)9(2)11/h5-6H,3-4,7-8H2,1-2H3. The zero-order chi connectivity index (χ0) is 9.40. The summed E-state index contributed by atoms with van der Waals surface area (Å²) < 4.78 is 0. The highest BCUT2D eigenvalue weighted by molar-refractivity contribution is 6.36. The fraction of sp³-hybridized carbons (Fsp3) is 0.600. The molecule has 0 spiro atoms. The predicted molar refractivity (Wildman–Crippen MR) is 49.0 cm³/mol. The number of Topliss-reactive ketones (excluding diaryl/α,β-unsaturated/α-hetero) is 2. The van der Waals surface area contributed by atoms with Gasteiger partial charge in [0.05, 0.1) is 0 Å². The smallest absolute Gasteiger partial charge is 0.198 e. The van der Waals surface area contributed by atoms with Crippen molar-refractivity contribution in [3.63, 3.8) is 0 Å². The Morgan fingerprint density at radius 2 is 1.75 bits per heavy atom. The van der Waals surface area contributed by atoms with E-state index >= 15 is 0 Å². The molecule has 2 heteroatoms. The van der Waals surface area contributed by atoms with Gasteiger partial charge < -0.3 is 0 Å². The van der Waals surface area contributed by atoms with E-state index < -0.39 is 0 Å². The van der Waals surface area contributed by atoms with Crippen molar-refractivity contribution in [2.45, 2.75) is 39.5 Å². The number of allylic oxidation sites excluding steroid dienone is 2. The third kappa shape index (κ3) is 5.83. The molecule has 0 fully saturated rings. The summed E-state index contributed by atoms with van der Waals surface area (Å²) in [5.41, 5.74) is 0. The molecule has 0 aliphatic carbocycles. The van der Waals surface area contributed by atoms with Gasteiger partial charge in [0.25, 0.3) is 0 Å². The maximum Gasteiger partial charge on any atom is 0.198 e. The first-order valence-corrected chi connectivity index (χ1v) is 4.37. The SMILES string of the molecule is CCCC=CCCC(=O)C(C)=O. The number of rotatable bonds is 6. The number of carbonyl (C=O) groups is 2. The van der Waals surface area contributed by atoms with Crippen LogP contribution in [0, 0.1) is 0 Å². The fourth-order valence-corrected chi connectivity index (χ4v) is 0.793. The van der Waals surface area contributed by atoms with Crippen LogP contribution in [0.2, 0.25) is 0 Å². The Morgan fingerprint density at radius 1 is 1.17 bits per heavy atom. The summed E-state index contributed by atoms with van der Waals surface area (Å²) in [6.07, 6.45) is 7.23. The van der Waals surface area contributed by atoms with E-state index in [-0.39, 0.29) is 11.6 Å². The largest absolute Gasteiger partial charge is 0.291 e. The lowest BCUT2D eigenvalue weighted by Crippen LogP contribution is -2.07. The van der Waals surface area contributed by atoms with Crippen LogP contribution in [0.5, 0.6) is 0 Å². The molecule has 0 aromatic heterocycles. The molecular weight excluding hydrogens is 152 g/mol. The van der Waals surface area contributed by atoms with E-state index in [1.54, 1.807) is 0 Å². The summed E-state index contributed by atoms with van der Waals surface area (Å²) in [7, 11) is 0. The molecule has 0 radical (unpaired) electrons. The van der Waals surface area contributed by atoms with E-state index in [4.69, 9.17) is 0 Å². The van der Waals surface area contributed by atoms with Gasteiger partial charge in [0.15, 0.2) is 11.6 Å². The highest BCUT2D eigenvalue weighted by atomic mass is 16.2. The van der Waals surface area contributed by atoms with E-state index in [0.29, 0.717) is 12.8 Å². The van der Waals surface area contributed by atoms with Gasteiger partial charge in [-0.05, 0) is 12.8 Å². The average molecular weight is 168 g/mol. The minimum absolute atomic E-state index is 0.267. The van der Waals surface area contributed by atoms with Crippen LogP contribution in [0.4, 0.5) is 0 Å². The number of ketones is 2. The van der Waals surface area contributed by atoms with Gasteiger partial charge in [-0.15, -0.1) is 0 Å². The van der Waals surface area contributed by atoms with Crippen molar-refractivity contribution in [1.82, 2.24) is 0 Å². The third-order valence-electron chi connectivity index (χ3n) is 1.55. The van der Waals surface area contributed by atoms with Crippen LogP contribution in [-0.4, -0.2) is 11.6 Å². The molecule has 0 rings (SSSR count). The minimum Gasteiger partial charge on any atom is -0.291 e. The van der Waals surface area contributed by atoms with E-state index in [0.717, 1.165) is 12.8 Å². The molecule has 0 saturated carbocycles. The lowest BCUT2D eigenvalue weighted by Gasteiger charge is -1.90. The van der Waals surface area contributed by atoms with Crippen molar-refractivity contribution in [2.24, 2.45) is 0 Å². The van der Waals surface area contributed by atoms with Crippen LogP contribution in [0.25, 0.3) is 0 Å². The lowest BCUT2D eigenvalue weighted by atomic mass is 10.1. The van der Waals surface area contributed by atoms with Crippen molar-refractivity contribution < 1.29 is 9.59 Å². The first-order chi connectivity index (χ1) is 5.68. The Morgan fingerprint density at radius 3 is 2.25 bits per heavy atom. The highest BCUT2D eigenvalue weighted by Crippen LogP contribution is 1.96. The first kappa shape index (κ1) is 11.1. The normalized spacial score (nSPS) is 10.5. The van der Waals surface area contributed by atoms with Crippen molar-refractivity contribution in [3.05, 3.63) is 12.2 Å². The molecule has 0 unspecified atom stereocenters. The Kier molecular flexibility index (Phi) is 6.25. The molecule has 68 valence electrons. The van der Waals surface area contributed by atoms with Crippen molar-refractivity contribution in [1.29, 1.82) is 0 Å². The average Bonchev–Trinajstić information content (AvgIpc) is 2.03. The molecule has 0 amide bonds. The second-order valence-corrected chi connectivity index (χ2v) is 2.78. The first-order valence-electron chi connectivity index (χ1n) is 4.37. The zero-order valence-electron chi connectivity index (χ0n) is 7.80. The Bertz CT molecular complexity index is 180. The van der Waals surface area contributed by atoms with Gasteiger partial charge >= 0.3 is 0 Å². The molecule has 2 nitrogen and oxygen atoms in total. The third-order valence-corrected chi connectivity index (χ3v) is 1.55. The lowest BCUT2D eigenvalue weighted by molar-refractivity contribution is -0.135. The quantitative estimate of drug-likeness (QED) is 0.450. The summed E-state index contributed by atoms with van der Waals surface area (Å²) >= 11 is 0. The molecule has 0 N–H and O–H groups in total. The van der Waals surface area contributed by atoms with E-state index in [1.807, 2.05) is 12.2 Å². The number of unbranched alkanes of at least 4 members (excludes halogenated alkanes) is 1. The number of carbonyl (C=O) groups excluding carboxylic acids is 2. The number of hydrogen-bond acceptors (Lipinski definition) is 2. The van der Waals surface area contributed by atoms with Crippen LogP contribution in [0.15, 0.2) is 12.2 Å². The molecule has 12 heavy (non-hydrogen) atoms. The summed E-state index contributed by atoms with van der Waals surface area (Å²) in [4.78, 5) is 21.3. The summed E-state index contributed by atoms with van der Waals surface area (Å²) in [5.74, 6) is -0.602. The number of hydrogen-bond donors (Lipinski definition) is 0. The Hall–Kier alpha value is -0.920. The van der Waals surface area contributed by atoms with Crippen LogP contribution in [0.1, 0.15) is 39.5 Å². The van der Waals surface area contributed by atoms with Gasteiger partial charge in [0, 0.05) is 13.3 Å². The Balaban J connectivity index is 3.43. The molecule has 0 bridgehead atoms. The topological polar surface area (TPSA) is 34.1 Å². The fourth-order valence-electron chi connectivity index (χ4n) is 0.793. The highest BCUT2D eigenvalue weighted by Gasteiger charge is 2.04. The molecule has 0 aromatic rings. The van der Waals surface area contributed by atoms with Gasteiger partial charge in [-0.2, -0.15) is 0 Å². The summed E-state index contributed by atoms with van der Waals surface area (Å²) in [6, 6.07) is 0.